The molecule has 0 bridgehead atoms. The maximum Gasteiger partial charge on any atom is 0.416 e. The number of halogens is 5. The van der Waals surface area contributed by atoms with Crippen molar-refractivity contribution in [2.45, 2.75) is 57.0 Å². The van der Waals surface area contributed by atoms with Gasteiger partial charge in [0.25, 0.3) is 16.6 Å². The minimum Gasteiger partial charge on any atom is -0.370 e. The molecule has 3 saturated heterocycles. The molecule has 3 aliphatic heterocycles. The number of nitrogens with one attached hydrogen (secondary N) is 1. The number of hydrogen-bond donors (Lipinski definition) is 1. The van der Waals surface area contributed by atoms with Crippen molar-refractivity contribution in [1.29, 1.82) is 0 Å². The fourth-order valence-corrected chi connectivity index (χ4v) is 6.95. The van der Waals surface area contributed by atoms with Gasteiger partial charge in [-0.3, -0.25) is 4.79 Å². The summed E-state index contributed by atoms with van der Waals surface area (Å²) in [6, 6.07) is 4.86. The molecule has 0 spiro atoms. The van der Waals surface area contributed by atoms with Gasteiger partial charge in [-0.2, -0.15) is 30.2 Å². The first-order valence-corrected chi connectivity index (χ1v) is 14.2. The Morgan fingerprint density at radius 1 is 1.03 bits per heavy atom. The van der Waals surface area contributed by atoms with Crippen LogP contribution in [-0.4, -0.2) is 92.3 Å². The Kier molecular flexibility index (Phi) is 9.28. The lowest BCUT2D eigenvalue weighted by molar-refractivity contribution is -0.138. The highest BCUT2D eigenvalue weighted by Crippen LogP contribution is 2.30. The fourth-order valence-electron chi connectivity index (χ4n) is 5.19. The average molecular weight is 569 g/mol. The Balaban J connectivity index is 1.26. The summed E-state index contributed by atoms with van der Waals surface area (Å²) < 4.78 is 96.4. The molecule has 214 valence electrons. The number of likely N-dealkylation sites (tertiary alicyclic amines) is 1. The summed E-state index contributed by atoms with van der Waals surface area (Å²) in [6.45, 7) is 1.09. The van der Waals surface area contributed by atoms with Gasteiger partial charge in [-0.1, -0.05) is 12.1 Å². The van der Waals surface area contributed by atoms with Crippen molar-refractivity contribution >= 4 is 16.1 Å². The number of benzene rings is 1. The SMILES string of the molecule is O=C([C@H]1CCCN(S(=O)(=O)N2CC(OCC(F)F)C2)C1)N1CCC[C@@H]1CNCc1ccc(C(F)(F)F)cc1. The predicted molar refractivity (Wildman–Crippen MR) is 128 cm³/mol. The van der Waals surface area contributed by atoms with E-state index in [1.807, 2.05) is 0 Å². The first-order chi connectivity index (χ1) is 17.9. The second kappa shape index (κ2) is 12.1. The van der Waals surface area contributed by atoms with Gasteiger partial charge in [0.05, 0.1) is 17.6 Å². The van der Waals surface area contributed by atoms with E-state index in [2.05, 4.69) is 5.32 Å². The maximum absolute atomic E-state index is 13.4. The Morgan fingerprint density at radius 3 is 2.37 bits per heavy atom. The Hall–Kier alpha value is -1.87. The van der Waals surface area contributed by atoms with E-state index in [4.69, 9.17) is 4.74 Å². The van der Waals surface area contributed by atoms with Crippen molar-refractivity contribution in [2.24, 2.45) is 5.92 Å². The number of carbonyl (C=O) groups is 1. The van der Waals surface area contributed by atoms with E-state index < -0.39 is 47.0 Å². The van der Waals surface area contributed by atoms with E-state index in [1.165, 1.54) is 20.7 Å². The van der Waals surface area contributed by atoms with Crippen LogP contribution in [0.3, 0.4) is 0 Å². The van der Waals surface area contributed by atoms with E-state index in [1.54, 1.807) is 4.90 Å². The standard InChI is InChI=1S/C24H33F5N4O4S/c25-22(26)16-37-21-14-32(15-21)38(35,36)31-9-1-3-18(13-31)23(34)33-10-2-4-20(33)12-30-11-17-5-7-19(8-6-17)24(27,28)29/h5-8,18,20-22,30H,1-4,9-16H2/t18-,20+/m0/s1. The number of rotatable bonds is 10. The van der Waals surface area contributed by atoms with Crippen LogP contribution in [-0.2, 0) is 32.5 Å². The molecule has 0 unspecified atom stereocenters. The van der Waals surface area contributed by atoms with Gasteiger partial charge < -0.3 is 15.0 Å². The van der Waals surface area contributed by atoms with Gasteiger partial charge in [0, 0.05) is 51.9 Å². The van der Waals surface area contributed by atoms with Gasteiger partial charge in [0.15, 0.2) is 0 Å². The van der Waals surface area contributed by atoms with Gasteiger partial charge in [0.2, 0.25) is 5.91 Å². The molecule has 2 atom stereocenters. The zero-order chi connectivity index (χ0) is 27.5. The first kappa shape index (κ1) is 29.1. The normalized spacial score (nSPS) is 24.2. The number of hydrogen-bond acceptors (Lipinski definition) is 5. The monoisotopic (exact) mass is 568 g/mol. The quantitative estimate of drug-likeness (QED) is 0.439. The van der Waals surface area contributed by atoms with Crippen LogP contribution in [0, 0.1) is 5.92 Å². The summed E-state index contributed by atoms with van der Waals surface area (Å²) in [4.78, 5) is 15.2. The summed E-state index contributed by atoms with van der Waals surface area (Å²) in [5.74, 6) is -0.563. The average Bonchev–Trinajstić information content (AvgIpc) is 3.30. The van der Waals surface area contributed by atoms with E-state index in [0.717, 1.165) is 25.0 Å². The van der Waals surface area contributed by atoms with Crippen LogP contribution in [0.1, 0.15) is 36.8 Å². The molecule has 0 aliphatic carbocycles. The molecule has 14 heteroatoms. The molecular weight excluding hydrogens is 535 g/mol. The van der Waals surface area contributed by atoms with Crippen LogP contribution in [0.2, 0.25) is 0 Å². The van der Waals surface area contributed by atoms with E-state index >= 15 is 0 Å². The highest BCUT2D eigenvalue weighted by molar-refractivity contribution is 7.86. The zero-order valence-electron chi connectivity index (χ0n) is 20.9. The summed E-state index contributed by atoms with van der Waals surface area (Å²) in [7, 11) is -3.81. The summed E-state index contributed by atoms with van der Waals surface area (Å²) in [5.41, 5.74) is 0.00111. The second-order valence-corrected chi connectivity index (χ2v) is 12.0. The van der Waals surface area contributed by atoms with Crippen molar-refractivity contribution in [3.05, 3.63) is 35.4 Å². The topological polar surface area (TPSA) is 82.2 Å². The van der Waals surface area contributed by atoms with Gasteiger partial charge in [-0.15, -0.1) is 0 Å². The third kappa shape index (κ3) is 7.00. The number of nitrogens with zero attached hydrogens (tertiary/aromatic N) is 3. The molecule has 1 aromatic rings. The highest BCUT2D eigenvalue weighted by atomic mass is 32.2. The number of amides is 1. The van der Waals surface area contributed by atoms with Crippen LogP contribution >= 0.6 is 0 Å². The fraction of sp³-hybridized carbons (Fsp3) is 0.708. The summed E-state index contributed by atoms with van der Waals surface area (Å²) in [5, 5.41) is 3.23. The molecule has 1 N–H and O–H groups in total. The molecule has 38 heavy (non-hydrogen) atoms. The van der Waals surface area contributed by atoms with Crippen LogP contribution in [0.15, 0.2) is 24.3 Å². The van der Waals surface area contributed by atoms with Gasteiger partial charge in [0.1, 0.15) is 6.61 Å². The number of piperidine rings is 1. The van der Waals surface area contributed by atoms with Crippen molar-refractivity contribution in [1.82, 2.24) is 18.8 Å². The van der Waals surface area contributed by atoms with E-state index in [-0.39, 0.29) is 31.6 Å². The molecule has 0 saturated carbocycles. The van der Waals surface area contributed by atoms with E-state index in [9.17, 15) is 35.2 Å². The molecule has 3 fully saturated rings. The van der Waals surface area contributed by atoms with Crippen molar-refractivity contribution in [3.8, 4) is 0 Å². The number of alkyl halides is 5. The van der Waals surface area contributed by atoms with Crippen molar-refractivity contribution < 1.29 is 39.9 Å². The predicted octanol–water partition coefficient (Wildman–Crippen LogP) is 2.71. The summed E-state index contributed by atoms with van der Waals surface area (Å²) in [6.07, 6.45) is -4.82. The minimum atomic E-state index is -4.38. The molecule has 4 rings (SSSR count). The number of ether oxygens (including phenoxy) is 1. The molecule has 3 aliphatic rings. The van der Waals surface area contributed by atoms with E-state index in [0.29, 0.717) is 44.6 Å². The highest BCUT2D eigenvalue weighted by Gasteiger charge is 2.43. The van der Waals surface area contributed by atoms with Crippen molar-refractivity contribution in [2.75, 3.05) is 45.9 Å². The van der Waals surface area contributed by atoms with Gasteiger partial charge in [-0.05, 0) is 43.4 Å². The lowest BCUT2D eigenvalue weighted by Gasteiger charge is -2.42. The lowest BCUT2D eigenvalue weighted by atomic mass is 9.97. The zero-order valence-corrected chi connectivity index (χ0v) is 21.7. The molecule has 8 nitrogen and oxygen atoms in total. The van der Waals surface area contributed by atoms with Crippen LogP contribution in [0.4, 0.5) is 22.0 Å². The molecule has 0 aromatic heterocycles. The Morgan fingerprint density at radius 2 is 1.71 bits per heavy atom. The third-order valence-corrected chi connectivity index (χ3v) is 9.24. The second-order valence-electron chi connectivity index (χ2n) is 10.0. The van der Waals surface area contributed by atoms with Crippen LogP contribution in [0.25, 0.3) is 0 Å². The number of carbonyl (C=O) groups excluding carboxylic acids is 1. The molecule has 1 aromatic carbocycles. The lowest BCUT2D eigenvalue weighted by Crippen LogP contribution is -2.60. The van der Waals surface area contributed by atoms with Gasteiger partial charge >= 0.3 is 6.18 Å². The smallest absolute Gasteiger partial charge is 0.370 e. The van der Waals surface area contributed by atoms with Gasteiger partial charge in [-0.25, -0.2) is 8.78 Å². The molecule has 0 radical (unpaired) electrons. The van der Waals surface area contributed by atoms with Crippen molar-refractivity contribution in [3.63, 3.8) is 0 Å². The Labute approximate surface area is 219 Å². The van der Waals surface area contributed by atoms with Crippen LogP contribution in [0.5, 0.6) is 0 Å². The summed E-state index contributed by atoms with van der Waals surface area (Å²) >= 11 is 0. The molecular formula is C24H33F5N4O4S. The molecule has 3 heterocycles. The third-order valence-electron chi connectivity index (χ3n) is 7.31. The first-order valence-electron chi connectivity index (χ1n) is 12.8. The Bertz CT molecular complexity index is 1050. The molecule has 1 amide bonds. The largest absolute Gasteiger partial charge is 0.416 e. The minimum absolute atomic E-state index is 0.0168. The maximum atomic E-state index is 13.4. The van der Waals surface area contributed by atoms with Crippen LogP contribution < -0.4 is 5.32 Å².